The molecule has 204 valence electrons. The topological polar surface area (TPSA) is 102 Å². The molecule has 1 aliphatic heterocycles. The van der Waals surface area contributed by atoms with Crippen LogP contribution >= 0.6 is 0 Å². The number of furan rings is 1. The Labute approximate surface area is 229 Å². The summed E-state index contributed by atoms with van der Waals surface area (Å²) >= 11 is 0. The predicted molar refractivity (Wildman–Crippen MR) is 148 cm³/mol. The number of amides is 3. The molecule has 0 spiro atoms. The lowest BCUT2D eigenvalue weighted by molar-refractivity contribution is -0.133. The van der Waals surface area contributed by atoms with Crippen molar-refractivity contribution in [2.75, 3.05) is 51.3 Å². The Morgan fingerprint density at radius 1 is 1.00 bits per heavy atom. The number of urea groups is 1. The van der Waals surface area contributed by atoms with Crippen LogP contribution in [0.4, 0.5) is 10.5 Å². The SMILES string of the molecule is Cc1ccc(CN(Cc2ccccc2)C(=O)CN(CCCN2CCOCC2)C(=O)Nc2cccc(C#N)c2)o1. The Kier molecular flexibility index (Phi) is 10.1. The molecule has 1 aromatic heterocycles. The van der Waals surface area contributed by atoms with Crippen LogP contribution in [0.3, 0.4) is 0 Å². The fourth-order valence-electron chi connectivity index (χ4n) is 4.49. The first-order chi connectivity index (χ1) is 19.0. The van der Waals surface area contributed by atoms with Crippen LogP contribution in [-0.4, -0.2) is 72.6 Å². The number of nitriles is 1. The number of morpholine rings is 1. The third kappa shape index (κ3) is 8.70. The molecule has 1 fully saturated rings. The van der Waals surface area contributed by atoms with E-state index in [2.05, 4.69) is 16.3 Å². The van der Waals surface area contributed by atoms with Gasteiger partial charge in [-0.3, -0.25) is 9.69 Å². The van der Waals surface area contributed by atoms with Gasteiger partial charge in [0, 0.05) is 38.4 Å². The van der Waals surface area contributed by atoms with Crippen molar-refractivity contribution in [2.24, 2.45) is 0 Å². The van der Waals surface area contributed by atoms with E-state index in [1.54, 1.807) is 34.1 Å². The van der Waals surface area contributed by atoms with Gasteiger partial charge in [0.05, 0.1) is 31.4 Å². The summed E-state index contributed by atoms with van der Waals surface area (Å²) in [7, 11) is 0. The summed E-state index contributed by atoms with van der Waals surface area (Å²) in [6.45, 7) is 6.84. The predicted octanol–water partition coefficient (Wildman–Crippen LogP) is 4.24. The Balaban J connectivity index is 1.48. The molecule has 3 amide bonds. The monoisotopic (exact) mass is 529 g/mol. The Bertz CT molecular complexity index is 1260. The normalized spacial score (nSPS) is 13.4. The van der Waals surface area contributed by atoms with Gasteiger partial charge in [-0.2, -0.15) is 5.26 Å². The van der Waals surface area contributed by atoms with Crippen LogP contribution in [0.15, 0.2) is 71.1 Å². The summed E-state index contributed by atoms with van der Waals surface area (Å²) in [6.07, 6.45) is 0.717. The molecular weight excluding hydrogens is 494 g/mol. The van der Waals surface area contributed by atoms with Crippen molar-refractivity contribution in [1.29, 1.82) is 5.26 Å². The third-order valence-electron chi connectivity index (χ3n) is 6.57. The molecular formula is C30H35N5O4. The molecule has 2 heterocycles. The molecule has 2 aromatic carbocycles. The fraction of sp³-hybridized carbons (Fsp3) is 0.367. The molecule has 9 nitrogen and oxygen atoms in total. The molecule has 1 aliphatic rings. The fourth-order valence-corrected chi connectivity index (χ4v) is 4.49. The standard InChI is InChI=1S/C30H35N5O4/c1-24-11-12-28(39-24)22-35(21-25-7-3-2-4-8-25)29(36)23-34(14-6-13-33-15-17-38-18-16-33)30(37)32-27-10-5-9-26(19-27)20-31/h2-5,7-12,19H,6,13-18,21-23H2,1H3,(H,32,37). The van der Waals surface area contributed by atoms with Gasteiger partial charge in [-0.25, -0.2) is 4.79 Å². The second kappa shape index (κ2) is 14.1. The van der Waals surface area contributed by atoms with E-state index in [1.165, 1.54) is 0 Å². The zero-order valence-electron chi connectivity index (χ0n) is 22.3. The smallest absolute Gasteiger partial charge is 0.322 e. The van der Waals surface area contributed by atoms with Crippen molar-refractivity contribution < 1.29 is 18.7 Å². The molecule has 0 atom stereocenters. The minimum atomic E-state index is -0.381. The summed E-state index contributed by atoms with van der Waals surface area (Å²) < 4.78 is 11.2. The number of rotatable bonds is 11. The zero-order chi connectivity index (χ0) is 27.5. The summed E-state index contributed by atoms with van der Waals surface area (Å²) in [5, 5.41) is 12.1. The Morgan fingerprint density at radius 3 is 2.51 bits per heavy atom. The first-order valence-corrected chi connectivity index (χ1v) is 13.2. The summed E-state index contributed by atoms with van der Waals surface area (Å²) in [6, 6.07) is 22.0. The first kappa shape index (κ1) is 27.9. The molecule has 39 heavy (non-hydrogen) atoms. The molecule has 1 N–H and O–H groups in total. The van der Waals surface area contributed by atoms with Crippen LogP contribution in [0, 0.1) is 18.3 Å². The number of hydrogen-bond donors (Lipinski definition) is 1. The number of aryl methyl sites for hydroxylation is 1. The van der Waals surface area contributed by atoms with Gasteiger partial charge in [0.15, 0.2) is 0 Å². The number of hydrogen-bond acceptors (Lipinski definition) is 6. The quantitative estimate of drug-likeness (QED) is 0.399. The Hall–Kier alpha value is -4.13. The van der Waals surface area contributed by atoms with E-state index >= 15 is 0 Å². The van der Waals surface area contributed by atoms with E-state index < -0.39 is 0 Å². The molecule has 0 bridgehead atoms. The number of nitrogens with zero attached hydrogens (tertiary/aromatic N) is 4. The second-order valence-corrected chi connectivity index (χ2v) is 9.60. The van der Waals surface area contributed by atoms with Crippen molar-refractivity contribution in [3.63, 3.8) is 0 Å². The van der Waals surface area contributed by atoms with E-state index in [-0.39, 0.29) is 18.5 Å². The average molecular weight is 530 g/mol. The summed E-state index contributed by atoms with van der Waals surface area (Å²) in [5.41, 5.74) is 1.95. The van der Waals surface area contributed by atoms with Crippen LogP contribution < -0.4 is 5.32 Å². The van der Waals surface area contributed by atoms with Gasteiger partial charge in [-0.15, -0.1) is 0 Å². The highest BCUT2D eigenvalue weighted by Gasteiger charge is 2.23. The first-order valence-electron chi connectivity index (χ1n) is 13.2. The highest BCUT2D eigenvalue weighted by atomic mass is 16.5. The van der Waals surface area contributed by atoms with Gasteiger partial charge in [0.25, 0.3) is 0 Å². The number of carbonyl (C=O) groups is 2. The van der Waals surface area contributed by atoms with Crippen LogP contribution in [0.1, 0.15) is 29.1 Å². The number of benzene rings is 2. The zero-order valence-corrected chi connectivity index (χ0v) is 22.3. The van der Waals surface area contributed by atoms with E-state index in [4.69, 9.17) is 9.15 Å². The number of anilines is 1. The van der Waals surface area contributed by atoms with Gasteiger partial charge in [-0.05, 0) is 49.2 Å². The lowest BCUT2D eigenvalue weighted by Gasteiger charge is -2.30. The van der Waals surface area contributed by atoms with Crippen molar-refractivity contribution >= 4 is 17.6 Å². The molecule has 1 saturated heterocycles. The molecule has 9 heteroatoms. The van der Waals surface area contributed by atoms with E-state index in [0.29, 0.717) is 49.9 Å². The Morgan fingerprint density at radius 2 is 1.79 bits per heavy atom. The van der Waals surface area contributed by atoms with Gasteiger partial charge < -0.3 is 24.3 Å². The van der Waals surface area contributed by atoms with E-state index in [1.807, 2.05) is 49.4 Å². The van der Waals surface area contributed by atoms with Crippen LogP contribution in [0.25, 0.3) is 0 Å². The second-order valence-electron chi connectivity index (χ2n) is 9.60. The van der Waals surface area contributed by atoms with Crippen LogP contribution in [0.2, 0.25) is 0 Å². The van der Waals surface area contributed by atoms with Crippen LogP contribution in [0.5, 0.6) is 0 Å². The maximum atomic E-state index is 13.7. The molecule has 0 saturated carbocycles. The average Bonchev–Trinajstić information content (AvgIpc) is 3.37. The maximum Gasteiger partial charge on any atom is 0.322 e. The minimum absolute atomic E-state index is 0.0839. The minimum Gasteiger partial charge on any atom is -0.464 e. The highest BCUT2D eigenvalue weighted by Crippen LogP contribution is 2.15. The van der Waals surface area contributed by atoms with Crippen molar-refractivity contribution in [3.05, 3.63) is 89.4 Å². The number of carbonyl (C=O) groups excluding carboxylic acids is 2. The van der Waals surface area contributed by atoms with Gasteiger partial charge in [0.2, 0.25) is 5.91 Å². The lowest BCUT2D eigenvalue weighted by atomic mass is 10.2. The molecule has 0 unspecified atom stereocenters. The van der Waals surface area contributed by atoms with Crippen molar-refractivity contribution in [1.82, 2.24) is 14.7 Å². The summed E-state index contributed by atoms with van der Waals surface area (Å²) in [4.78, 5) is 32.6. The van der Waals surface area contributed by atoms with Gasteiger partial charge in [0.1, 0.15) is 18.1 Å². The number of ether oxygens (including phenoxy) is 1. The number of nitrogens with one attached hydrogen (secondary N) is 1. The van der Waals surface area contributed by atoms with E-state index in [0.717, 1.165) is 37.4 Å². The van der Waals surface area contributed by atoms with Gasteiger partial charge >= 0.3 is 6.03 Å². The largest absolute Gasteiger partial charge is 0.464 e. The highest BCUT2D eigenvalue weighted by molar-refractivity contribution is 5.92. The molecule has 3 aromatic rings. The van der Waals surface area contributed by atoms with Gasteiger partial charge in [-0.1, -0.05) is 36.4 Å². The van der Waals surface area contributed by atoms with E-state index in [9.17, 15) is 14.9 Å². The third-order valence-corrected chi connectivity index (χ3v) is 6.57. The summed E-state index contributed by atoms with van der Waals surface area (Å²) in [5.74, 6) is 1.29. The molecule has 4 rings (SSSR count). The van der Waals surface area contributed by atoms with Crippen molar-refractivity contribution in [3.8, 4) is 6.07 Å². The molecule has 0 aliphatic carbocycles. The van der Waals surface area contributed by atoms with Crippen LogP contribution in [-0.2, 0) is 22.6 Å². The molecule has 0 radical (unpaired) electrons. The lowest BCUT2D eigenvalue weighted by Crippen LogP contribution is -2.45. The van der Waals surface area contributed by atoms with Crippen molar-refractivity contribution in [2.45, 2.75) is 26.4 Å². The maximum absolute atomic E-state index is 13.7.